The highest BCUT2D eigenvalue weighted by atomic mass is 32.2. The zero-order chi connectivity index (χ0) is 14.8. The first kappa shape index (κ1) is 17.6. The molecule has 1 rings (SSSR count). The molecule has 118 valence electrons. The normalized spacial score (nSPS) is 24.1. The van der Waals surface area contributed by atoms with Gasteiger partial charge in [0.1, 0.15) is 0 Å². The fourth-order valence-corrected chi connectivity index (χ4v) is 3.73. The summed E-state index contributed by atoms with van der Waals surface area (Å²) in [5.41, 5.74) is 0. The van der Waals surface area contributed by atoms with Gasteiger partial charge in [-0.2, -0.15) is 11.8 Å². The number of aliphatic hydroxyl groups is 1. The molecule has 3 unspecified atom stereocenters. The van der Waals surface area contributed by atoms with Gasteiger partial charge in [-0.05, 0) is 44.3 Å². The van der Waals surface area contributed by atoms with Gasteiger partial charge in [0.25, 0.3) is 0 Å². The molecule has 0 aliphatic heterocycles. The quantitative estimate of drug-likeness (QED) is 0.646. The Labute approximate surface area is 127 Å². The number of amides is 2. The van der Waals surface area contributed by atoms with Gasteiger partial charge in [-0.25, -0.2) is 4.79 Å². The summed E-state index contributed by atoms with van der Waals surface area (Å²) in [4.78, 5) is 11.9. The molecule has 2 amide bonds. The average Bonchev–Trinajstić information content (AvgIpc) is 2.45. The summed E-state index contributed by atoms with van der Waals surface area (Å²) in [6.07, 6.45) is 9.73. The summed E-state index contributed by atoms with van der Waals surface area (Å²) < 4.78 is 0. The lowest BCUT2D eigenvalue weighted by atomic mass is 9.95. The zero-order valence-corrected chi connectivity index (χ0v) is 13.7. The molecule has 0 bridgehead atoms. The van der Waals surface area contributed by atoms with Crippen LogP contribution in [0.3, 0.4) is 0 Å². The number of hydrogen-bond donors (Lipinski definition) is 3. The van der Waals surface area contributed by atoms with E-state index in [1.54, 1.807) is 0 Å². The van der Waals surface area contributed by atoms with Crippen LogP contribution in [0, 0.1) is 5.92 Å². The number of carbonyl (C=O) groups is 1. The number of hydrogen-bond acceptors (Lipinski definition) is 3. The van der Waals surface area contributed by atoms with Crippen LogP contribution >= 0.6 is 11.8 Å². The molecule has 0 aromatic heterocycles. The van der Waals surface area contributed by atoms with Gasteiger partial charge in [-0.15, -0.1) is 0 Å². The van der Waals surface area contributed by atoms with Crippen molar-refractivity contribution in [2.45, 2.75) is 63.2 Å². The molecular weight excluding hydrogens is 272 g/mol. The number of rotatable bonds is 8. The standard InChI is InChI=1S/C15H30N2O2S/c1-3-5-12(8-9-18)11-16-15(19)17-13-6-4-7-14(10-13)20-2/h12-14,18H,3-11H2,1-2H3,(H2,16,17,19). The van der Waals surface area contributed by atoms with E-state index in [-0.39, 0.29) is 12.6 Å². The van der Waals surface area contributed by atoms with Gasteiger partial charge in [-0.3, -0.25) is 0 Å². The molecule has 1 aliphatic carbocycles. The fourth-order valence-electron chi connectivity index (χ4n) is 2.90. The van der Waals surface area contributed by atoms with Crippen LogP contribution in [-0.4, -0.2) is 41.8 Å². The average molecular weight is 302 g/mol. The maximum Gasteiger partial charge on any atom is 0.315 e. The molecule has 5 heteroatoms. The Bertz CT molecular complexity index is 271. The largest absolute Gasteiger partial charge is 0.396 e. The molecule has 1 fully saturated rings. The minimum absolute atomic E-state index is 0.0456. The third-order valence-electron chi connectivity index (χ3n) is 4.08. The van der Waals surface area contributed by atoms with Crippen molar-refractivity contribution in [3.8, 4) is 0 Å². The summed E-state index contributed by atoms with van der Waals surface area (Å²) >= 11 is 1.91. The van der Waals surface area contributed by atoms with Crippen molar-refractivity contribution in [2.75, 3.05) is 19.4 Å². The summed E-state index contributed by atoms with van der Waals surface area (Å²) in [5, 5.41) is 15.8. The second kappa shape index (κ2) is 10.3. The van der Waals surface area contributed by atoms with Crippen LogP contribution in [0.5, 0.6) is 0 Å². The SMILES string of the molecule is CCCC(CCO)CNC(=O)NC1CCCC(SC)C1. The van der Waals surface area contributed by atoms with Crippen molar-refractivity contribution < 1.29 is 9.90 Å². The molecule has 0 heterocycles. The molecule has 1 aliphatic rings. The van der Waals surface area contributed by atoms with Crippen molar-refractivity contribution in [3.63, 3.8) is 0 Å². The fraction of sp³-hybridized carbons (Fsp3) is 0.933. The van der Waals surface area contributed by atoms with E-state index in [4.69, 9.17) is 5.11 Å². The van der Waals surface area contributed by atoms with Crippen molar-refractivity contribution in [2.24, 2.45) is 5.92 Å². The molecule has 0 aromatic carbocycles. The van der Waals surface area contributed by atoms with Gasteiger partial charge in [0.15, 0.2) is 0 Å². The van der Waals surface area contributed by atoms with Gasteiger partial charge in [-0.1, -0.05) is 19.8 Å². The maximum absolute atomic E-state index is 11.9. The molecule has 0 saturated heterocycles. The van der Waals surface area contributed by atoms with Crippen molar-refractivity contribution in [1.82, 2.24) is 10.6 Å². The molecule has 0 radical (unpaired) electrons. The Kier molecular flexibility index (Phi) is 9.10. The molecule has 0 aromatic rings. The van der Waals surface area contributed by atoms with Gasteiger partial charge in [0, 0.05) is 24.4 Å². The monoisotopic (exact) mass is 302 g/mol. The molecule has 20 heavy (non-hydrogen) atoms. The summed E-state index contributed by atoms with van der Waals surface area (Å²) in [6.45, 7) is 3.00. The lowest BCUT2D eigenvalue weighted by molar-refractivity contribution is 0.223. The number of thioether (sulfide) groups is 1. The third-order valence-corrected chi connectivity index (χ3v) is 5.18. The Morgan fingerprint density at radius 2 is 2.20 bits per heavy atom. The predicted octanol–water partition coefficient (Wildman–Crippen LogP) is 2.76. The number of aliphatic hydroxyl groups excluding tert-OH is 1. The van der Waals surface area contributed by atoms with Crippen molar-refractivity contribution >= 4 is 17.8 Å². The minimum atomic E-state index is -0.0456. The van der Waals surface area contributed by atoms with Crippen LogP contribution in [0.4, 0.5) is 4.79 Å². The molecular formula is C15H30N2O2S. The Morgan fingerprint density at radius 1 is 1.40 bits per heavy atom. The first-order chi connectivity index (χ1) is 9.69. The zero-order valence-electron chi connectivity index (χ0n) is 12.9. The molecule has 3 atom stereocenters. The van der Waals surface area contributed by atoms with Crippen LogP contribution in [0.2, 0.25) is 0 Å². The van der Waals surface area contributed by atoms with E-state index in [0.717, 1.165) is 32.1 Å². The van der Waals surface area contributed by atoms with Gasteiger partial charge in [0.05, 0.1) is 0 Å². The summed E-state index contributed by atoms with van der Waals surface area (Å²) in [7, 11) is 0. The lowest BCUT2D eigenvalue weighted by Gasteiger charge is -2.29. The highest BCUT2D eigenvalue weighted by Crippen LogP contribution is 2.26. The number of urea groups is 1. The first-order valence-corrected chi connectivity index (χ1v) is 9.16. The van der Waals surface area contributed by atoms with Crippen LogP contribution in [0.25, 0.3) is 0 Å². The van der Waals surface area contributed by atoms with E-state index in [0.29, 0.717) is 23.8 Å². The van der Waals surface area contributed by atoms with Crippen LogP contribution in [0.1, 0.15) is 51.9 Å². The first-order valence-electron chi connectivity index (χ1n) is 7.87. The smallest absolute Gasteiger partial charge is 0.315 e. The highest BCUT2D eigenvalue weighted by molar-refractivity contribution is 7.99. The molecule has 1 saturated carbocycles. The summed E-state index contributed by atoms with van der Waals surface area (Å²) in [6, 6.07) is 0.277. The van der Waals surface area contributed by atoms with E-state index in [1.807, 2.05) is 11.8 Å². The Balaban J connectivity index is 2.24. The van der Waals surface area contributed by atoms with E-state index in [9.17, 15) is 4.79 Å². The molecule has 3 N–H and O–H groups in total. The summed E-state index contributed by atoms with van der Waals surface area (Å²) in [5.74, 6) is 0.390. The number of carbonyl (C=O) groups excluding carboxylic acids is 1. The van der Waals surface area contributed by atoms with E-state index in [1.165, 1.54) is 12.8 Å². The van der Waals surface area contributed by atoms with Crippen LogP contribution in [-0.2, 0) is 0 Å². The second-order valence-electron chi connectivity index (χ2n) is 5.74. The minimum Gasteiger partial charge on any atom is -0.396 e. The van der Waals surface area contributed by atoms with E-state index < -0.39 is 0 Å². The maximum atomic E-state index is 11.9. The molecule has 0 spiro atoms. The second-order valence-corrected chi connectivity index (χ2v) is 6.88. The Morgan fingerprint density at radius 3 is 2.85 bits per heavy atom. The predicted molar refractivity (Wildman–Crippen MR) is 86.2 cm³/mol. The molecule has 4 nitrogen and oxygen atoms in total. The number of nitrogens with one attached hydrogen (secondary N) is 2. The van der Waals surface area contributed by atoms with Crippen molar-refractivity contribution in [1.29, 1.82) is 0 Å². The van der Waals surface area contributed by atoms with Crippen LogP contribution in [0.15, 0.2) is 0 Å². The van der Waals surface area contributed by atoms with Gasteiger partial charge in [0.2, 0.25) is 0 Å². The van der Waals surface area contributed by atoms with E-state index in [2.05, 4.69) is 23.8 Å². The Hall–Kier alpha value is -0.420. The van der Waals surface area contributed by atoms with Gasteiger partial charge >= 0.3 is 6.03 Å². The van der Waals surface area contributed by atoms with Crippen LogP contribution < -0.4 is 10.6 Å². The topological polar surface area (TPSA) is 61.4 Å². The van der Waals surface area contributed by atoms with E-state index >= 15 is 0 Å². The lowest BCUT2D eigenvalue weighted by Crippen LogP contribution is -2.45. The van der Waals surface area contributed by atoms with Gasteiger partial charge < -0.3 is 15.7 Å². The van der Waals surface area contributed by atoms with Crippen molar-refractivity contribution in [3.05, 3.63) is 0 Å². The third kappa shape index (κ3) is 6.84. The highest BCUT2D eigenvalue weighted by Gasteiger charge is 2.22.